The molecule has 1 aromatic carbocycles. The predicted octanol–water partition coefficient (Wildman–Crippen LogP) is 3.75. The number of nitrogens with one attached hydrogen (secondary N) is 1. The highest BCUT2D eigenvalue weighted by molar-refractivity contribution is 5.94. The van der Waals surface area contributed by atoms with Crippen LogP contribution in [0.2, 0.25) is 0 Å². The first-order chi connectivity index (χ1) is 20.6. The molecule has 5 N–H and O–H groups in total. The van der Waals surface area contributed by atoms with Gasteiger partial charge in [0.2, 0.25) is 11.8 Å². The highest BCUT2D eigenvalue weighted by Crippen LogP contribution is 2.44. The van der Waals surface area contributed by atoms with Gasteiger partial charge in [0.15, 0.2) is 23.5 Å². The van der Waals surface area contributed by atoms with Crippen molar-refractivity contribution < 1.29 is 23.8 Å². The Hall–Kier alpha value is -3.81. The Balaban J connectivity index is 1.22. The Morgan fingerprint density at radius 2 is 1.82 bits per heavy atom. The Morgan fingerprint density at radius 3 is 2.50 bits per heavy atom. The number of anilines is 3. The molecule has 0 aliphatic carbocycles. The van der Waals surface area contributed by atoms with Crippen molar-refractivity contribution in [2.24, 2.45) is 0 Å². The third-order valence-electron chi connectivity index (χ3n) is 8.09. The third-order valence-corrected chi connectivity index (χ3v) is 8.09. The van der Waals surface area contributed by atoms with Gasteiger partial charge in [-0.25, -0.2) is 15.0 Å². The van der Waals surface area contributed by atoms with Crippen LogP contribution in [0.3, 0.4) is 0 Å². The van der Waals surface area contributed by atoms with Gasteiger partial charge in [0.05, 0.1) is 17.7 Å². The predicted molar refractivity (Wildman–Crippen MR) is 166 cm³/mol. The molecule has 2 aliphatic heterocycles. The number of nitrogens with zero attached hydrogens (tertiary/aromatic N) is 5. The topological polar surface area (TPSA) is 173 Å². The van der Waals surface area contributed by atoms with Crippen LogP contribution in [0.15, 0.2) is 30.9 Å². The highest BCUT2D eigenvalue weighted by atomic mass is 16.8. The van der Waals surface area contributed by atoms with Crippen molar-refractivity contribution in [2.45, 2.75) is 110 Å². The number of ether oxygens (including phenoxy) is 3. The van der Waals surface area contributed by atoms with Gasteiger partial charge in [-0.15, -0.1) is 0 Å². The number of carbonyl (C=O) groups excluding carboxylic acids is 2. The fourth-order valence-corrected chi connectivity index (χ4v) is 5.78. The third kappa shape index (κ3) is 6.49. The maximum atomic E-state index is 13.4. The standard InChI is InChI=1S/C31H44N8O5/c1-17(2)38(23(41)10-8-9-22(40)37-20-12-11-18(13-19(20)32)30(3,4)5)14-21-25-26(44-31(6,7)43-25)29(42-21)39-16-36-24-27(33)34-15-35-28(24)39/h11-13,15-17,21,25-26,29H,8-10,14,32H2,1-7H3,(H,37,40)(H2,33,34,35)/t21-,25-,26-,29-/m1/s1. The van der Waals surface area contributed by atoms with E-state index in [0.717, 1.165) is 5.56 Å². The van der Waals surface area contributed by atoms with Crippen LogP contribution in [0.5, 0.6) is 0 Å². The summed E-state index contributed by atoms with van der Waals surface area (Å²) in [5, 5.41) is 2.88. The molecule has 2 aliphatic rings. The number of nitrogen functional groups attached to an aromatic ring is 2. The van der Waals surface area contributed by atoms with Crippen molar-refractivity contribution in [3.05, 3.63) is 36.4 Å². The number of hydrogen-bond acceptors (Lipinski definition) is 10. The van der Waals surface area contributed by atoms with Crippen LogP contribution in [0.4, 0.5) is 17.2 Å². The molecule has 0 unspecified atom stereocenters. The molecule has 13 nitrogen and oxygen atoms in total. The minimum atomic E-state index is -0.837. The van der Waals surface area contributed by atoms with Gasteiger partial charge in [-0.3, -0.25) is 14.2 Å². The van der Waals surface area contributed by atoms with Gasteiger partial charge >= 0.3 is 0 Å². The number of carbonyl (C=O) groups is 2. The van der Waals surface area contributed by atoms with Gasteiger partial charge < -0.3 is 35.9 Å². The van der Waals surface area contributed by atoms with E-state index < -0.39 is 30.3 Å². The van der Waals surface area contributed by atoms with E-state index in [2.05, 4.69) is 41.0 Å². The van der Waals surface area contributed by atoms with Crippen LogP contribution in [-0.2, 0) is 29.2 Å². The van der Waals surface area contributed by atoms with Crippen LogP contribution >= 0.6 is 0 Å². The molecule has 2 fully saturated rings. The molecule has 0 radical (unpaired) electrons. The summed E-state index contributed by atoms with van der Waals surface area (Å²) in [6.45, 7) is 14.2. The van der Waals surface area contributed by atoms with Crippen molar-refractivity contribution in [1.82, 2.24) is 24.4 Å². The van der Waals surface area contributed by atoms with Crippen LogP contribution in [0.25, 0.3) is 11.2 Å². The second-order valence-electron chi connectivity index (χ2n) is 13.3. The minimum Gasteiger partial charge on any atom is -0.397 e. The smallest absolute Gasteiger partial charge is 0.224 e. The number of benzene rings is 1. The average molecular weight is 609 g/mol. The monoisotopic (exact) mass is 608 g/mol. The van der Waals surface area contributed by atoms with E-state index in [4.69, 9.17) is 25.7 Å². The fraction of sp³-hybridized carbons (Fsp3) is 0.581. The first-order valence-corrected chi connectivity index (χ1v) is 15.1. The normalized spacial score (nSPS) is 22.8. The summed E-state index contributed by atoms with van der Waals surface area (Å²) in [4.78, 5) is 40.7. The quantitative estimate of drug-likeness (QED) is 0.304. The molecular formula is C31H44N8O5. The number of imidazole rings is 1. The number of rotatable bonds is 9. The molecule has 238 valence electrons. The molecule has 13 heteroatoms. The maximum absolute atomic E-state index is 13.4. The van der Waals surface area contributed by atoms with Crippen molar-refractivity contribution >= 4 is 40.2 Å². The van der Waals surface area contributed by atoms with Crippen molar-refractivity contribution in [2.75, 3.05) is 23.3 Å². The molecule has 2 saturated heterocycles. The van der Waals surface area contributed by atoms with E-state index in [9.17, 15) is 9.59 Å². The summed E-state index contributed by atoms with van der Waals surface area (Å²) in [5.74, 6) is -0.825. The summed E-state index contributed by atoms with van der Waals surface area (Å²) < 4.78 is 20.8. The molecule has 0 saturated carbocycles. The summed E-state index contributed by atoms with van der Waals surface area (Å²) in [6.07, 6.45) is 1.82. The summed E-state index contributed by atoms with van der Waals surface area (Å²) in [7, 11) is 0. The van der Waals surface area contributed by atoms with Crippen molar-refractivity contribution in [3.8, 4) is 0 Å². The average Bonchev–Trinajstić information content (AvgIpc) is 3.59. The van der Waals surface area contributed by atoms with E-state index in [-0.39, 0.29) is 41.9 Å². The van der Waals surface area contributed by atoms with Crippen LogP contribution < -0.4 is 16.8 Å². The number of nitrogens with two attached hydrogens (primary N) is 2. The van der Waals surface area contributed by atoms with Crippen LogP contribution in [-0.4, -0.2) is 72.9 Å². The largest absolute Gasteiger partial charge is 0.397 e. The lowest BCUT2D eigenvalue weighted by molar-refractivity contribution is -0.198. The molecule has 4 atom stereocenters. The number of fused-ring (bicyclic) bond motifs is 2. The Morgan fingerprint density at radius 1 is 1.09 bits per heavy atom. The van der Waals surface area contributed by atoms with Gasteiger partial charge in [-0.05, 0) is 57.2 Å². The van der Waals surface area contributed by atoms with Crippen LogP contribution in [0, 0.1) is 0 Å². The van der Waals surface area contributed by atoms with E-state index >= 15 is 0 Å². The van der Waals surface area contributed by atoms with E-state index in [1.54, 1.807) is 15.8 Å². The van der Waals surface area contributed by atoms with E-state index in [0.29, 0.717) is 35.5 Å². The molecular weight excluding hydrogens is 564 g/mol. The summed E-state index contributed by atoms with van der Waals surface area (Å²) >= 11 is 0. The van der Waals surface area contributed by atoms with Gasteiger partial charge in [-0.2, -0.15) is 0 Å². The Bertz CT molecular complexity index is 1530. The fourth-order valence-electron chi connectivity index (χ4n) is 5.78. The number of hydrogen-bond donors (Lipinski definition) is 3. The zero-order valence-electron chi connectivity index (χ0n) is 26.5. The molecule has 0 bridgehead atoms. The first kappa shape index (κ1) is 31.6. The van der Waals surface area contributed by atoms with E-state index in [1.807, 2.05) is 45.9 Å². The second kappa shape index (κ2) is 11.9. The Labute approximate surface area is 257 Å². The maximum Gasteiger partial charge on any atom is 0.224 e. The molecule has 5 rings (SSSR count). The number of amides is 2. The number of aromatic nitrogens is 4. The molecule has 2 aromatic heterocycles. The highest BCUT2D eigenvalue weighted by Gasteiger charge is 2.56. The molecule has 0 spiro atoms. The molecule has 3 aromatic rings. The lowest BCUT2D eigenvalue weighted by Crippen LogP contribution is -2.46. The summed E-state index contributed by atoms with van der Waals surface area (Å²) in [6, 6.07) is 5.58. The lowest BCUT2D eigenvalue weighted by atomic mass is 9.86. The minimum absolute atomic E-state index is 0.0465. The zero-order chi connectivity index (χ0) is 32.0. The molecule has 44 heavy (non-hydrogen) atoms. The molecule has 2 amide bonds. The van der Waals surface area contributed by atoms with Gasteiger partial charge in [0, 0.05) is 25.4 Å². The van der Waals surface area contributed by atoms with Crippen molar-refractivity contribution in [3.63, 3.8) is 0 Å². The van der Waals surface area contributed by atoms with Crippen LogP contribution in [0.1, 0.15) is 79.5 Å². The van der Waals surface area contributed by atoms with Gasteiger partial charge in [-0.1, -0.05) is 26.8 Å². The summed E-state index contributed by atoms with van der Waals surface area (Å²) in [5.41, 5.74) is 15.3. The molecule has 4 heterocycles. The second-order valence-corrected chi connectivity index (χ2v) is 13.3. The lowest BCUT2D eigenvalue weighted by Gasteiger charge is -2.31. The van der Waals surface area contributed by atoms with Crippen molar-refractivity contribution in [1.29, 1.82) is 0 Å². The zero-order valence-corrected chi connectivity index (χ0v) is 26.5. The Kier molecular flexibility index (Phi) is 8.58. The van der Waals surface area contributed by atoms with Gasteiger partial charge in [0.25, 0.3) is 0 Å². The van der Waals surface area contributed by atoms with Gasteiger partial charge in [0.1, 0.15) is 30.2 Å². The SMILES string of the molecule is CC(C)N(C[C@H]1O[C@@H](n2cnc3c(N)ncnc32)[C@@H]2OC(C)(C)O[C@@H]21)C(=O)CCCC(=O)Nc1ccc(C(C)(C)C)cc1N. The first-order valence-electron chi connectivity index (χ1n) is 15.1. The van der Waals surface area contributed by atoms with E-state index in [1.165, 1.54) is 6.33 Å².